The highest BCUT2D eigenvalue weighted by atomic mass is 32.2. The van der Waals surface area contributed by atoms with Crippen LogP contribution >= 0.6 is 0 Å². The highest BCUT2D eigenvalue weighted by molar-refractivity contribution is 7.90. The summed E-state index contributed by atoms with van der Waals surface area (Å²) in [5.41, 5.74) is 0. The summed E-state index contributed by atoms with van der Waals surface area (Å²) in [7, 11) is -2.78. The van der Waals surface area contributed by atoms with Crippen molar-refractivity contribution in [2.24, 2.45) is 5.92 Å². The number of hydrogen-bond donors (Lipinski definition) is 1. The highest BCUT2D eigenvalue weighted by Gasteiger charge is 2.11. The van der Waals surface area contributed by atoms with Gasteiger partial charge in [0.2, 0.25) is 0 Å². The Bertz CT molecular complexity index is 237. The Balaban J connectivity index is 3.68. The van der Waals surface area contributed by atoms with E-state index in [1.165, 1.54) is 6.26 Å². The molecule has 2 unspecified atom stereocenters. The maximum absolute atomic E-state index is 10.9. The minimum Gasteiger partial charge on any atom is -0.314 e. The molecule has 0 rings (SSSR count). The molecule has 0 radical (unpaired) electrons. The van der Waals surface area contributed by atoms with Crippen LogP contribution in [0.1, 0.15) is 33.6 Å². The molecule has 0 saturated carbocycles. The van der Waals surface area contributed by atoms with Gasteiger partial charge in [-0.25, -0.2) is 8.42 Å². The predicted octanol–water partition coefficient (Wildman–Crippen LogP) is 1.45. The Morgan fingerprint density at radius 3 is 2.29 bits per heavy atom. The van der Waals surface area contributed by atoms with Crippen LogP contribution in [0.15, 0.2) is 0 Å². The van der Waals surface area contributed by atoms with Gasteiger partial charge in [0.15, 0.2) is 0 Å². The molecule has 2 atom stereocenters. The van der Waals surface area contributed by atoms with Crippen molar-refractivity contribution in [1.82, 2.24) is 5.32 Å². The molecular formula is C10H23NO2S. The van der Waals surface area contributed by atoms with Gasteiger partial charge in [-0.05, 0) is 32.2 Å². The minimum atomic E-state index is -2.78. The van der Waals surface area contributed by atoms with E-state index in [-0.39, 0.29) is 0 Å². The largest absolute Gasteiger partial charge is 0.314 e. The molecule has 1 N–H and O–H groups in total. The number of nitrogens with one attached hydrogen (secondary N) is 1. The summed E-state index contributed by atoms with van der Waals surface area (Å²) in [5.74, 6) is 0.854. The molecule has 0 amide bonds. The molecule has 0 aromatic heterocycles. The van der Waals surface area contributed by atoms with E-state index in [1.54, 1.807) is 0 Å². The molecule has 0 saturated heterocycles. The van der Waals surface area contributed by atoms with Gasteiger partial charge in [-0.15, -0.1) is 0 Å². The van der Waals surface area contributed by atoms with Crippen molar-refractivity contribution >= 4 is 9.84 Å². The number of rotatable bonds is 7. The SMILES string of the molecule is CCNC(C)C(C)CCCS(C)(=O)=O. The van der Waals surface area contributed by atoms with Crippen molar-refractivity contribution in [2.75, 3.05) is 18.6 Å². The summed E-state index contributed by atoms with van der Waals surface area (Å²) in [6, 6.07) is 0.472. The molecule has 0 fully saturated rings. The van der Waals surface area contributed by atoms with E-state index in [4.69, 9.17) is 0 Å². The third-order valence-electron chi connectivity index (χ3n) is 2.55. The fraction of sp³-hybridized carbons (Fsp3) is 1.00. The lowest BCUT2D eigenvalue weighted by atomic mass is 9.98. The van der Waals surface area contributed by atoms with Gasteiger partial charge in [-0.1, -0.05) is 13.8 Å². The van der Waals surface area contributed by atoms with E-state index in [9.17, 15) is 8.42 Å². The molecule has 86 valence electrons. The van der Waals surface area contributed by atoms with E-state index in [0.717, 1.165) is 19.4 Å². The second kappa shape index (κ2) is 6.40. The molecule has 3 nitrogen and oxygen atoms in total. The summed E-state index contributed by atoms with van der Waals surface area (Å²) in [5, 5.41) is 3.34. The third-order valence-corrected chi connectivity index (χ3v) is 3.58. The Morgan fingerprint density at radius 2 is 1.86 bits per heavy atom. The van der Waals surface area contributed by atoms with Crippen LogP contribution in [-0.2, 0) is 9.84 Å². The van der Waals surface area contributed by atoms with E-state index in [2.05, 4.69) is 26.1 Å². The lowest BCUT2D eigenvalue weighted by molar-refractivity contribution is 0.383. The second-order valence-corrected chi connectivity index (χ2v) is 6.36. The Kier molecular flexibility index (Phi) is 6.36. The first-order valence-electron chi connectivity index (χ1n) is 5.28. The van der Waals surface area contributed by atoms with Crippen LogP contribution < -0.4 is 5.32 Å². The first kappa shape index (κ1) is 13.9. The van der Waals surface area contributed by atoms with Crippen LogP contribution in [-0.4, -0.2) is 33.0 Å². The summed E-state index contributed by atoms with van der Waals surface area (Å²) in [4.78, 5) is 0. The lowest BCUT2D eigenvalue weighted by Crippen LogP contribution is -2.32. The van der Waals surface area contributed by atoms with Crippen LogP contribution in [0.5, 0.6) is 0 Å². The number of hydrogen-bond acceptors (Lipinski definition) is 3. The molecule has 0 aliphatic rings. The normalized spacial score (nSPS) is 16.6. The standard InChI is InChI=1S/C10H23NO2S/c1-5-11-10(3)9(2)7-6-8-14(4,12)13/h9-11H,5-8H2,1-4H3. The van der Waals surface area contributed by atoms with Crippen molar-refractivity contribution in [3.63, 3.8) is 0 Å². The van der Waals surface area contributed by atoms with Gasteiger partial charge < -0.3 is 5.32 Å². The van der Waals surface area contributed by atoms with Crippen LogP contribution in [0.3, 0.4) is 0 Å². The zero-order valence-electron chi connectivity index (χ0n) is 9.71. The lowest BCUT2D eigenvalue weighted by Gasteiger charge is -2.20. The maximum Gasteiger partial charge on any atom is 0.147 e. The molecule has 0 aliphatic heterocycles. The summed E-state index contributed by atoms with van der Waals surface area (Å²) in [6.45, 7) is 7.36. The second-order valence-electron chi connectivity index (χ2n) is 4.10. The molecule has 14 heavy (non-hydrogen) atoms. The van der Waals surface area contributed by atoms with E-state index >= 15 is 0 Å². The fourth-order valence-corrected chi connectivity index (χ4v) is 2.13. The molecule has 0 spiro atoms. The monoisotopic (exact) mass is 221 g/mol. The number of sulfone groups is 1. The molecule has 0 bridgehead atoms. The Morgan fingerprint density at radius 1 is 1.29 bits per heavy atom. The molecule has 0 aromatic carbocycles. The molecule has 4 heteroatoms. The van der Waals surface area contributed by atoms with E-state index < -0.39 is 9.84 Å². The van der Waals surface area contributed by atoms with Crippen LogP contribution in [0.2, 0.25) is 0 Å². The van der Waals surface area contributed by atoms with Crippen molar-refractivity contribution in [3.8, 4) is 0 Å². The van der Waals surface area contributed by atoms with Crippen molar-refractivity contribution in [1.29, 1.82) is 0 Å². The van der Waals surface area contributed by atoms with E-state index in [1.807, 2.05) is 0 Å². The highest BCUT2D eigenvalue weighted by Crippen LogP contribution is 2.11. The van der Waals surface area contributed by atoms with Crippen LogP contribution in [0.4, 0.5) is 0 Å². The van der Waals surface area contributed by atoms with Gasteiger partial charge in [0, 0.05) is 18.1 Å². The molecule has 0 aliphatic carbocycles. The first-order chi connectivity index (χ1) is 6.37. The molecule has 0 aromatic rings. The first-order valence-corrected chi connectivity index (χ1v) is 7.34. The Labute approximate surface area is 88.2 Å². The third kappa shape index (κ3) is 7.33. The summed E-state index contributed by atoms with van der Waals surface area (Å²) in [6.07, 6.45) is 3.04. The van der Waals surface area contributed by atoms with Gasteiger partial charge in [-0.3, -0.25) is 0 Å². The minimum absolute atomic E-state index is 0.316. The summed E-state index contributed by atoms with van der Waals surface area (Å²) < 4.78 is 21.8. The van der Waals surface area contributed by atoms with Gasteiger partial charge in [0.1, 0.15) is 9.84 Å². The average Bonchev–Trinajstić information content (AvgIpc) is 2.02. The zero-order chi connectivity index (χ0) is 11.2. The van der Waals surface area contributed by atoms with Crippen LogP contribution in [0, 0.1) is 5.92 Å². The van der Waals surface area contributed by atoms with Crippen molar-refractivity contribution in [3.05, 3.63) is 0 Å². The smallest absolute Gasteiger partial charge is 0.147 e. The Hall–Kier alpha value is -0.0900. The van der Waals surface area contributed by atoms with Gasteiger partial charge >= 0.3 is 0 Å². The predicted molar refractivity (Wildman–Crippen MR) is 61.2 cm³/mol. The topological polar surface area (TPSA) is 46.2 Å². The van der Waals surface area contributed by atoms with Gasteiger partial charge in [0.05, 0.1) is 0 Å². The average molecular weight is 221 g/mol. The van der Waals surface area contributed by atoms with Crippen LogP contribution in [0.25, 0.3) is 0 Å². The maximum atomic E-state index is 10.9. The van der Waals surface area contributed by atoms with E-state index in [0.29, 0.717) is 17.7 Å². The van der Waals surface area contributed by atoms with Gasteiger partial charge in [0.25, 0.3) is 0 Å². The molecule has 0 heterocycles. The van der Waals surface area contributed by atoms with Crippen molar-refractivity contribution in [2.45, 2.75) is 39.7 Å². The fourth-order valence-electron chi connectivity index (χ4n) is 1.44. The molecular weight excluding hydrogens is 198 g/mol. The van der Waals surface area contributed by atoms with Gasteiger partial charge in [-0.2, -0.15) is 0 Å². The summed E-state index contributed by atoms with van der Waals surface area (Å²) >= 11 is 0. The zero-order valence-corrected chi connectivity index (χ0v) is 10.5. The van der Waals surface area contributed by atoms with Crippen molar-refractivity contribution < 1.29 is 8.42 Å². The quantitative estimate of drug-likeness (QED) is 0.707.